The molecule has 2 amide bonds. The summed E-state index contributed by atoms with van der Waals surface area (Å²) in [6.07, 6.45) is 2.71. The lowest BCUT2D eigenvalue weighted by Gasteiger charge is -2.16. The lowest BCUT2D eigenvalue weighted by Crippen LogP contribution is -2.45. The van der Waals surface area contributed by atoms with Crippen molar-refractivity contribution in [2.75, 3.05) is 19.6 Å². The van der Waals surface area contributed by atoms with Crippen LogP contribution in [-0.2, 0) is 9.59 Å². The van der Waals surface area contributed by atoms with Crippen molar-refractivity contribution in [1.82, 2.24) is 10.2 Å². The van der Waals surface area contributed by atoms with Gasteiger partial charge in [0.2, 0.25) is 11.8 Å². The number of amides is 2. The minimum Gasteiger partial charge on any atom is -0.346 e. The fourth-order valence-corrected chi connectivity index (χ4v) is 1.56. The average molecular weight is 213 g/mol. The first-order valence-electron chi connectivity index (χ1n) is 5.46. The molecule has 15 heavy (non-hydrogen) atoms. The van der Waals surface area contributed by atoms with Crippen LogP contribution >= 0.6 is 0 Å². The molecule has 1 aliphatic rings. The molecule has 0 aromatic heterocycles. The minimum absolute atomic E-state index is 0.0100. The molecule has 1 rings (SSSR count). The first kappa shape index (κ1) is 12.0. The number of carbonyl (C=O) groups is 2. The van der Waals surface area contributed by atoms with Crippen molar-refractivity contribution in [3.05, 3.63) is 0 Å². The smallest absolute Gasteiger partial charge is 0.241 e. The Balaban J connectivity index is 2.24. The van der Waals surface area contributed by atoms with E-state index in [1.807, 2.05) is 6.92 Å². The van der Waals surface area contributed by atoms with Crippen LogP contribution in [0, 0.1) is 0 Å². The van der Waals surface area contributed by atoms with Gasteiger partial charge in [0.15, 0.2) is 0 Å². The molecular weight excluding hydrogens is 194 g/mol. The van der Waals surface area contributed by atoms with E-state index in [4.69, 9.17) is 5.73 Å². The molecule has 0 saturated carbocycles. The molecule has 3 N–H and O–H groups in total. The number of hydrogen-bond donors (Lipinski definition) is 2. The number of hydrogen-bond acceptors (Lipinski definition) is 3. The van der Waals surface area contributed by atoms with Crippen LogP contribution in [0.1, 0.15) is 26.2 Å². The molecule has 0 aromatic carbocycles. The summed E-state index contributed by atoms with van der Waals surface area (Å²) >= 11 is 0. The Morgan fingerprint density at radius 3 is 2.53 bits per heavy atom. The molecule has 0 aromatic rings. The molecule has 0 unspecified atom stereocenters. The van der Waals surface area contributed by atoms with Crippen LogP contribution in [0.25, 0.3) is 0 Å². The van der Waals surface area contributed by atoms with E-state index >= 15 is 0 Å². The van der Waals surface area contributed by atoms with Crippen molar-refractivity contribution in [1.29, 1.82) is 0 Å². The lowest BCUT2D eigenvalue weighted by atomic mass is 10.2. The Morgan fingerprint density at radius 1 is 1.40 bits per heavy atom. The lowest BCUT2D eigenvalue weighted by molar-refractivity contribution is -0.132. The zero-order chi connectivity index (χ0) is 11.3. The Labute approximate surface area is 90.0 Å². The maximum Gasteiger partial charge on any atom is 0.241 e. The monoisotopic (exact) mass is 213 g/mol. The molecule has 5 nitrogen and oxygen atoms in total. The molecule has 1 saturated heterocycles. The van der Waals surface area contributed by atoms with Crippen molar-refractivity contribution < 1.29 is 9.59 Å². The van der Waals surface area contributed by atoms with Gasteiger partial charge in [-0.2, -0.15) is 0 Å². The summed E-state index contributed by atoms with van der Waals surface area (Å²) in [6.45, 7) is 3.54. The SMILES string of the molecule is CC[C@H](N)C(=O)NCC(=O)N1CCCC1. The number of nitrogens with zero attached hydrogens (tertiary/aromatic N) is 1. The second kappa shape index (κ2) is 5.70. The molecule has 1 fully saturated rings. The Bertz CT molecular complexity index is 237. The van der Waals surface area contributed by atoms with Gasteiger partial charge in [-0.25, -0.2) is 0 Å². The quantitative estimate of drug-likeness (QED) is 0.658. The number of likely N-dealkylation sites (tertiary alicyclic amines) is 1. The van der Waals surface area contributed by atoms with Crippen LogP contribution in [0.15, 0.2) is 0 Å². The minimum atomic E-state index is -0.503. The van der Waals surface area contributed by atoms with Crippen LogP contribution in [0.2, 0.25) is 0 Å². The highest BCUT2D eigenvalue weighted by atomic mass is 16.2. The highest BCUT2D eigenvalue weighted by molar-refractivity contribution is 5.87. The van der Waals surface area contributed by atoms with Gasteiger partial charge in [0, 0.05) is 13.1 Å². The predicted octanol–water partition coefficient (Wildman–Crippen LogP) is -0.538. The molecule has 0 spiro atoms. The summed E-state index contributed by atoms with van der Waals surface area (Å²) in [6, 6.07) is -0.503. The molecule has 5 heteroatoms. The molecule has 86 valence electrons. The number of carbonyl (C=O) groups excluding carboxylic acids is 2. The molecular formula is C10H19N3O2. The van der Waals surface area contributed by atoms with Gasteiger partial charge in [-0.1, -0.05) is 6.92 Å². The summed E-state index contributed by atoms with van der Waals surface area (Å²) in [5.41, 5.74) is 5.52. The van der Waals surface area contributed by atoms with E-state index in [1.165, 1.54) is 0 Å². The number of nitrogens with two attached hydrogens (primary N) is 1. The van der Waals surface area contributed by atoms with Crippen molar-refractivity contribution in [3.8, 4) is 0 Å². The van der Waals surface area contributed by atoms with Gasteiger partial charge in [-0.05, 0) is 19.3 Å². The van der Waals surface area contributed by atoms with E-state index in [0.29, 0.717) is 6.42 Å². The van der Waals surface area contributed by atoms with Gasteiger partial charge in [0.1, 0.15) is 0 Å². The van der Waals surface area contributed by atoms with Gasteiger partial charge in [0.25, 0.3) is 0 Å². The van der Waals surface area contributed by atoms with E-state index in [0.717, 1.165) is 25.9 Å². The molecule has 1 atom stereocenters. The van der Waals surface area contributed by atoms with Crippen molar-refractivity contribution in [2.45, 2.75) is 32.2 Å². The summed E-state index contributed by atoms with van der Waals surface area (Å²) in [4.78, 5) is 24.6. The number of rotatable bonds is 4. The summed E-state index contributed by atoms with van der Waals surface area (Å²) in [7, 11) is 0. The van der Waals surface area contributed by atoms with Crippen LogP contribution in [0.3, 0.4) is 0 Å². The first-order chi connectivity index (χ1) is 7.15. The van der Waals surface area contributed by atoms with Crippen LogP contribution in [-0.4, -0.2) is 42.4 Å². The third-order valence-corrected chi connectivity index (χ3v) is 2.65. The van der Waals surface area contributed by atoms with Crippen molar-refractivity contribution >= 4 is 11.8 Å². The zero-order valence-corrected chi connectivity index (χ0v) is 9.16. The normalized spacial score (nSPS) is 17.6. The fourth-order valence-electron chi connectivity index (χ4n) is 1.56. The summed E-state index contributed by atoms with van der Waals surface area (Å²) < 4.78 is 0. The predicted molar refractivity (Wildman–Crippen MR) is 57.1 cm³/mol. The van der Waals surface area contributed by atoms with Crippen LogP contribution in [0.5, 0.6) is 0 Å². The highest BCUT2D eigenvalue weighted by Gasteiger charge is 2.19. The maximum absolute atomic E-state index is 11.5. The van der Waals surface area contributed by atoms with Crippen molar-refractivity contribution in [2.24, 2.45) is 5.73 Å². The van der Waals surface area contributed by atoms with Gasteiger partial charge >= 0.3 is 0 Å². The van der Waals surface area contributed by atoms with E-state index < -0.39 is 6.04 Å². The largest absolute Gasteiger partial charge is 0.346 e. The molecule has 1 heterocycles. The summed E-state index contributed by atoms with van der Waals surface area (Å²) in [5, 5.41) is 2.55. The molecule has 0 radical (unpaired) electrons. The molecule has 0 bridgehead atoms. The van der Waals surface area contributed by atoms with Gasteiger partial charge in [-0.15, -0.1) is 0 Å². The fraction of sp³-hybridized carbons (Fsp3) is 0.800. The Hall–Kier alpha value is -1.10. The van der Waals surface area contributed by atoms with Gasteiger partial charge < -0.3 is 16.0 Å². The second-order valence-corrected chi connectivity index (χ2v) is 3.82. The number of nitrogens with one attached hydrogen (secondary N) is 1. The Morgan fingerprint density at radius 2 is 2.00 bits per heavy atom. The van der Waals surface area contributed by atoms with Gasteiger partial charge in [-0.3, -0.25) is 9.59 Å². The van der Waals surface area contributed by atoms with E-state index in [-0.39, 0.29) is 18.4 Å². The van der Waals surface area contributed by atoms with E-state index in [2.05, 4.69) is 5.32 Å². The van der Waals surface area contributed by atoms with E-state index in [1.54, 1.807) is 4.90 Å². The highest BCUT2D eigenvalue weighted by Crippen LogP contribution is 2.06. The average Bonchev–Trinajstić information content (AvgIpc) is 2.77. The second-order valence-electron chi connectivity index (χ2n) is 3.82. The Kier molecular flexibility index (Phi) is 4.55. The molecule has 0 aliphatic carbocycles. The van der Waals surface area contributed by atoms with Gasteiger partial charge in [0.05, 0.1) is 12.6 Å². The molecule has 1 aliphatic heterocycles. The zero-order valence-electron chi connectivity index (χ0n) is 9.16. The topological polar surface area (TPSA) is 75.4 Å². The van der Waals surface area contributed by atoms with E-state index in [9.17, 15) is 9.59 Å². The van der Waals surface area contributed by atoms with Crippen molar-refractivity contribution in [3.63, 3.8) is 0 Å². The third kappa shape index (κ3) is 3.51. The first-order valence-corrected chi connectivity index (χ1v) is 5.46. The third-order valence-electron chi connectivity index (χ3n) is 2.65. The maximum atomic E-state index is 11.5. The summed E-state index contributed by atoms with van der Waals surface area (Å²) in [5.74, 6) is -0.255. The van der Waals surface area contributed by atoms with Crippen LogP contribution < -0.4 is 11.1 Å². The standard InChI is InChI=1S/C10H19N3O2/c1-2-8(11)10(15)12-7-9(14)13-5-3-4-6-13/h8H,2-7,11H2,1H3,(H,12,15)/t8-/m0/s1. The van der Waals surface area contributed by atoms with Crippen LogP contribution in [0.4, 0.5) is 0 Å².